The lowest BCUT2D eigenvalue weighted by molar-refractivity contribution is -0.387. The summed E-state index contributed by atoms with van der Waals surface area (Å²) in [5.74, 6) is -2.50. The first-order chi connectivity index (χ1) is 13.7. The number of esters is 1. The highest BCUT2D eigenvalue weighted by atomic mass is 19.1. The summed E-state index contributed by atoms with van der Waals surface area (Å²) in [5, 5.41) is 13.0. The molecule has 0 aliphatic carbocycles. The molecule has 0 fully saturated rings. The van der Waals surface area contributed by atoms with Gasteiger partial charge in [-0.15, -0.1) is 0 Å². The first kappa shape index (κ1) is 19.8. The third-order valence-corrected chi connectivity index (χ3v) is 4.07. The van der Waals surface area contributed by atoms with Crippen LogP contribution in [-0.4, -0.2) is 33.4 Å². The largest absolute Gasteiger partial charge is 0.452 e. The van der Waals surface area contributed by atoms with Gasteiger partial charge in [-0.3, -0.25) is 14.9 Å². The van der Waals surface area contributed by atoms with Crippen molar-refractivity contribution < 1.29 is 23.6 Å². The minimum Gasteiger partial charge on any atom is -0.452 e. The Labute approximate surface area is 163 Å². The average Bonchev–Trinajstić information content (AvgIpc) is 2.68. The van der Waals surface area contributed by atoms with Crippen LogP contribution in [-0.2, 0) is 9.53 Å². The zero-order valence-electron chi connectivity index (χ0n) is 15.4. The van der Waals surface area contributed by atoms with Crippen molar-refractivity contribution in [2.75, 3.05) is 11.9 Å². The number of nitrogens with one attached hydrogen (secondary N) is 1. The Bertz CT molecular complexity index is 1150. The lowest BCUT2D eigenvalue weighted by Crippen LogP contribution is -2.21. The Hall–Kier alpha value is -3.95. The Balaban J connectivity index is 1.65. The van der Waals surface area contributed by atoms with E-state index in [0.29, 0.717) is 11.0 Å². The summed E-state index contributed by atoms with van der Waals surface area (Å²) in [4.78, 5) is 42.7. The molecule has 0 saturated carbocycles. The standard InChI is InChI=1S/C19H15FN4O5/c1-10-11(2)22-16-7-12(3-6-15(16)21-10)19(26)29-9-18(25)23-13-4-5-14(20)17(8-13)24(27)28/h3-8H,9H2,1-2H3,(H,23,25). The number of hydrogen-bond donors (Lipinski definition) is 1. The number of aromatic nitrogens is 2. The zero-order chi connectivity index (χ0) is 21.1. The fraction of sp³-hybridized carbons (Fsp3) is 0.158. The molecule has 2 aromatic carbocycles. The van der Waals surface area contributed by atoms with Crippen LogP contribution in [0.2, 0.25) is 0 Å². The van der Waals surface area contributed by atoms with E-state index in [1.54, 1.807) is 13.0 Å². The number of nitrogens with zero attached hydrogens (tertiary/aromatic N) is 3. The van der Waals surface area contributed by atoms with Gasteiger partial charge in [-0.25, -0.2) is 14.8 Å². The molecule has 3 rings (SSSR count). The summed E-state index contributed by atoms with van der Waals surface area (Å²) in [6, 6.07) is 7.55. The summed E-state index contributed by atoms with van der Waals surface area (Å²) in [7, 11) is 0. The highest BCUT2D eigenvalue weighted by Crippen LogP contribution is 2.21. The number of rotatable bonds is 5. The number of amides is 1. The molecular formula is C19H15FN4O5. The van der Waals surface area contributed by atoms with E-state index in [9.17, 15) is 24.1 Å². The van der Waals surface area contributed by atoms with Crippen molar-refractivity contribution in [3.63, 3.8) is 0 Å². The van der Waals surface area contributed by atoms with Crippen LogP contribution in [0.5, 0.6) is 0 Å². The van der Waals surface area contributed by atoms with Crippen LogP contribution in [0.1, 0.15) is 21.7 Å². The van der Waals surface area contributed by atoms with Crippen LogP contribution in [0.4, 0.5) is 15.8 Å². The Morgan fingerprint density at radius 2 is 1.79 bits per heavy atom. The normalized spacial score (nSPS) is 10.6. The first-order valence-corrected chi connectivity index (χ1v) is 8.40. The number of aryl methyl sites for hydroxylation is 2. The van der Waals surface area contributed by atoms with Crippen LogP contribution in [0.25, 0.3) is 11.0 Å². The molecule has 9 nitrogen and oxygen atoms in total. The van der Waals surface area contributed by atoms with Gasteiger partial charge in [-0.05, 0) is 44.2 Å². The van der Waals surface area contributed by atoms with E-state index in [1.807, 2.05) is 6.92 Å². The quantitative estimate of drug-likeness (QED) is 0.398. The van der Waals surface area contributed by atoms with Crippen molar-refractivity contribution in [3.8, 4) is 0 Å². The van der Waals surface area contributed by atoms with Gasteiger partial charge in [0.2, 0.25) is 5.82 Å². The molecule has 148 valence electrons. The zero-order valence-corrected chi connectivity index (χ0v) is 15.4. The minimum atomic E-state index is -1.02. The van der Waals surface area contributed by atoms with E-state index >= 15 is 0 Å². The highest BCUT2D eigenvalue weighted by Gasteiger charge is 2.16. The maximum atomic E-state index is 13.3. The lowest BCUT2D eigenvalue weighted by atomic mass is 10.2. The second-order valence-corrected chi connectivity index (χ2v) is 6.15. The number of anilines is 1. The number of halogens is 1. The number of benzene rings is 2. The maximum Gasteiger partial charge on any atom is 0.338 e. The third-order valence-electron chi connectivity index (χ3n) is 4.07. The van der Waals surface area contributed by atoms with E-state index in [2.05, 4.69) is 15.3 Å². The fourth-order valence-corrected chi connectivity index (χ4v) is 2.50. The van der Waals surface area contributed by atoms with Gasteiger partial charge in [-0.2, -0.15) is 4.39 Å². The van der Waals surface area contributed by atoms with Gasteiger partial charge in [-0.1, -0.05) is 0 Å². The molecule has 0 unspecified atom stereocenters. The van der Waals surface area contributed by atoms with Crippen LogP contribution in [0.15, 0.2) is 36.4 Å². The second kappa shape index (κ2) is 7.97. The van der Waals surface area contributed by atoms with Crippen LogP contribution in [0, 0.1) is 29.8 Å². The molecule has 0 atom stereocenters. The number of ether oxygens (including phenoxy) is 1. The van der Waals surface area contributed by atoms with Crippen LogP contribution in [0.3, 0.4) is 0 Å². The molecule has 10 heteroatoms. The minimum absolute atomic E-state index is 0.00553. The fourth-order valence-electron chi connectivity index (χ4n) is 2.50. The van der Waals surface area contributed by atoms with Crippen molar-refractivity contribution in [1.82, 2.24) is 9.97 Å². The van der Waals surface area contributed by atoms with E-state index < -0.39 is 34.9 Å². The molecule has 1 aromatic heterocycles. The molecule has 0 radical (unpaired) electrons. The van der Waals surface area contributed by atoms with Gasteiger partial charge >= 0.3 is 11.7 Å². The Morgan fingerprint density at radius 3 is 2.48 bits per heavy atom. The van der Waals surface area contributed by atoms with Crippen LogP contribution < -0.4 is 5.32 Å². The monoisotopic (exact) mass is 398 g/mol. The summed E-state index contributed by atoms with van der Waals surface area (Å²) < 4.78 is 18.3. The second-order valence-electron chi connectivity index (χ2n) is 6.15. The van der Waals surface area contributed by atoms with Gasteiger partial charge < -0.3 is 10.1 Å². The molecule has 0 aliphatic heterocycles. The molecule has 1 N–H and O–H groups in total. The molecular weight excluding hydrogens is 383 g/mol. The molecule has 0 spiro atoms. The topological polar surface area (TPSA) is 124 Å². The highest BCUT2D eigenvalue weighted by molar-refractivity contribution is 5.97. The number of fused-ring (bicyclic) bond motifs is 1. The van der Waals surface area contributed by atoms with Crippen molar-refractivity contribution in [1.29, 1.82) is 0 Å². The van der Waals surface area contributed by atoms with Crippen molar-refractivity contribution in [3.05, 3.63) is 69.3 Å². The van der Waals surface area contributed by atoms with Gasteiger partial charge in [0.25, 0.3) is 5.91 Å². The molecule has 0 bridgehead atoms. The molecule has 3 aromatic rings. The summed E-state index contributed by atoms with van der Waals surface area (Å²) in [6.45, 7) is 3.01. The van der Waals surface area contributed by atoms with Gasteiger partial charge in [0, 0.05) is 11.8 Å². The van der Waals surface area contributed by atoms with Crippen LogP contribution >= 0.6 is 0 Å². The third kappa shape index (κ3) is 4.49. The molecule has 1 amide bonds. The van der Waals surface area contributed by atoms with E-state index in [-0.39, 0.29) is 11.3 Å². The van der Waals surface area contributed by atoms with Gasteiger partial charge in [0.15, 0.2) is 6.61 Å². The molecule has 0 aliphatic rings. The summed E-state index contributed by atoms with van der Waals surface area (Å²) in [6.07, 6.45) is 0. The molecule has 0 saturated heterocycles. The van der Waals surface area contributed by atoms with Gasteiger partial charge in [0.1, 0.15) is 0 Å². The summed E-state index contributed by atoms with van der Waals surface area (Å²) in [5.41, 5.74) is 2.08. The average molecular weight is 398 g/mol. The number of nitro groups is 1. The number of nitro benzene ring substituents is 1. The van der Waals surface area contributed by atoms with Crippen molar-refractivity contribution >= 4 is 34.3 Å². The predicted octanol–water partition coefficient (Wildman–Crippen LogP) is 3.09. The Kier molecular flexibility index (Phi) is 5.44. The smallest absolute Gasteiger partial charge is 0.338 e. The number of carbonyl (C=O) groups is 2. The van der Waals surface area contributed by atoms with E-state index in [0.717, 1.165) is 29.6 Å². The number of hydrogen-bond acceptors (Lipinski definition) is 7. The maximum absolute atomic E-state index is 13.3. The van der Waals surface area contributed by atoms with Crippen molar-refractivity contribution in [2.45, 2.75) is 13.8 Å². The van der Waals surface area contributed by atoms with Gasteiger partial charge in [0.05, 0.1) is 32.9 Å². The van der Waals surface area contributed by atoms with E-state index in [4.69, 9.17) is 4.74 Å². The SMILES string of the molecule is Cc1nc2ccc(C(=O)OCC(=O)Nc3ccc(F)c([N+](=O)[O-])c3)cc2nc1C. The molecule has 29 heavy (non-hydrogen) atoms. The summed E-state index contributed by atoms with van der Waals surface area (Å²) >= 11 is 0. The Morgan fingerprint density at radius 1 is 1.10 bits per heavy atom. The van der Waals surface area contributed by atoms with E-state index in [1.165, 1.54) is 12.1 Å². The van der Waals surface area contributed by atoms with Crippen molar-refractivity contribution in [2.24, 2.45) is 0 Å². The first-order valence-electron chi connectivity index (χ1n) is 8.40. The number of carbonyl (C=O) groups excluding carboxylic acids is 2. The molecule has 1 heterocycles. The predicted molar refractivity (Wildman–Crippen MR) is 101 cm³/mol. The lowest BCUT2D eigenvalue weighted by Gasteiger charge is -2.08.